The highest BCUT2D eigenvalue weighted by atomic mass is 16.3. The highest BCUT2D eigenvalue weighted by Crippen LogP contribution is 2.51. The molecule has 218 valence electrons. The van der Waals surface area contributed by atoms with Crippen molar-refractivity contribution < 1.29 is 10.2 Å². The number of phenols is 2. The Morgan fingerprint density at radius 1 is 0.370 bits per heavy atom. The van der Waals surface area contributed by atoms with Crippen LogP contribution in [-0.4, -0.2) is 30.1 Å². The minimum absolute atomic E-state index is 0.0252. The average molecular weight is 595 g/mol. The summed E-state index contributed by atoms with van der Waals surface area (Å²) >= 11 is 0. The Kier molecular flexibility index (Phi) is 6.65. The molecule has 0 unspecified atom stereocenters. The van der Waals surface area contributed by atoms with E-state index < -0.39 is 0 Å². The van der Waals surface area contributed by atoms with Gasteiger partial charge in [0, 0.05) is 34.6 Å². The molecule has 0 atom stereocenters. The summed E-state index contributed by atoms with van der Waals surface area (Å²) in [4.78, 5) is 18.7. The number of benzene rings is 4. The number of aromatic hydroxyl groups is 2. The summed E-state index contributed by atoms with van der Waals surface area (Å²) < 4.78 is 0. The number of aromatic nitrogens is 4. The van der Waals surface area contributed by atoms with Crippen LogP contribution in [0.2, 0.25) is 0 Å². The van der Waals surface area contributed by atoms with Gasteiger partial charge in [-0.1, -0.05) is 72.8 Å². The van der Waals surface area contributed by atoms with E-state index in [9.17, 15) is 10.2 Å². The van der Waals surface area contributed by atoms with Crippen LogP contribution >= 0.6 is 0 Å². The molecule has 0 amide bonds. The van der Waals surface area contributed by atoms with Gasteiger partial charge in [0.25, 0.3) is 0 Å². The van der Waals surface area contributed by atoms with Gasteiger partial charge in [-0.05, 0) is 82.2 Å². The molecule has 8 rings (SSSR count). The van der Waals surface area contributed by atoms with Crippen LogP contribution in [0, 0.1) is 0 Å². The van der Waals surface area contributed by atoms with Crippen molar-refractivity contribution in [3.8, 4) is 67.9 Å². The minimum Gasteiger partial charge on any atom is -0.507 e. The van der Waals surface area contributed by atoms with Crippen LogP contribution < -0.4 is 0 Å². The van der Waals surface area contributed by atoms with Crippen LogP contribution in [-0.2, 0) is 0 Å². The molecule has 0 radical (unpaired) electrons. The van der Waals surface area contributed by atoms with E-state index >= 15 is 0 Å². The molecule has 0 bridgehead atoms. The smallest absolute Gasteiger partial charge is 0.133 e. The van der Waals surface area contributed by atoms with Gasteiger partial charge in [-0.25, -0.2) is 9.97 Å². The van der Waals surface area contributed by atoms with Crippen LogP contribution in [0.25, 0.3) is 78.0 Å². The Balaban J connectivity index is 1.40. The number of hydrogen-bond donors (Lipinski definition) is 2. The lowest BCUT2D eigenvalue weighted by molar-refractivity contribution is 0.472. The fraction of sp³-hybridized carbons (Fsp3) is 0. The van der Waals surface area contributed by atoms with Crippen LogP contribution in [0.3, 0.4) is 0 Å². The molecule has 4 heterocycles. The summed E-state index contributed by atoms with van der Waals surface area (Å²) in [7, 11) is 0. The third kappa shape index (κ3) is 4.69. The summed E-state index contributed by atoms with van der Waals surface area (Å²) in [6, 6.07) is 42.4. The number of pyridine rings is 4. The third-order valence-electron chi connectivity index (χ3n) is 8.20. The normalized spacial score (nSPS) is 11.2. The van der Waals surface area contributed by atoms with Crippen LogP contribution in [0.15, 0.2) is 146 Å². The number of fused-ring (bicyclic) bond motifs is 2. The first-order valence-electron chi connectivity index (χ1n) is 14.9. The first-order chi connectivity index (χ1) is 22.7. The average Bonchev–Trinajstić information content (AvgIpc) is 3.12. The zero-order valence-corrected chi connectivity index (χ0v) is 24.5. The lowest BCUT2D eigenvalue weighted by atomic mass is 9.87. The molecule has 2 N–H and O–H groups in total. The monoisotopic (exact) mass is 594 g/mol. The van der Waals surface area contributed by atoms with Crippen molar-refractivity contribution in [2.45, 2.75) is 0 Å². The largest absolute Gasteiger partial charge is 0.507 e. The Morgan fingerprint density at radius 2 is 0.761 bits per heavy atom. The lowest BCUT2D eigenvalue weighted by Gasteiger charge is -2.19. The van der Waals surface area contributed by atoms with Gasteiger partial charge in [-0.2, -0.15) is 0 Å². The number of rotatable bonds is 5. The first kappa shape index (κ1) is 27.2. The molecule has 0 aliphatic heterocycles. The molecule has 46 heavy (non-hydrogen) atoms. The first-order valence-corrected chi connectivity index (χ1v) is 14.9. The SMILES string of the molecule is Oc1c(-c2cccc(-c3ccccn3)n2)cc2ccccc2c1-c1c(O)c(-c2cccc(-c3ccccn3)n2)cc2ccccc12. The molecule has 4 aromatic carbocycles. The Hall–Kier alpha value is -6.40. The number of nitrogens with zero attached hydrogens (tertiary/aromatic N) is 4. The fourth-order valence-electron chi connectivity index (χ4n) is 6.05. The highest BCUT2D eigenvalue weighted by molar-refractivity contribution is 6.13. The number of phenolic OH excluding ortho intramolecular Hbond substituents is 2. The lowest BCUT2D eigenvalue weighted by Crippen LogP contribution is -1.95. The van der Waals surface area contributed by atoms with Crippen molar-refractivity contribution in [2.24, 2.45) is 0 Å². The zero-order chi connectivity index (χ0) is 31.0. The van der Waals surface area contributed by atoms with Gasteiger partial charge in [0.1, 0.15) is 11.5 Å². The van der Waals surface area contributed by atoms with Crippen molar-refractivity contribution in [3.05, 3.63) is 146 Å². The van der Waals surface area contributed by atoms with E-state index in [1.807, 2.05) is 133 Å². The van der Waals surface area contributed by atoms with Gasteiger partial charge < -0.3 is 10.2 Å². The maximum absolute atomic E-state index is 12.2. The van der Waals surface area contributed by atoms with Gasteiger partial charge in [0.2, 0.25) is 0 Å². The maximum atomic E-state index is 12.2. The molecule has 0 saturated heterocycles. The second-order valence-electron chi connectivity index (χ2n) is 11.0. The molecule has 0 fully saturated rings. The second kappa shape index (κ2) is 11.3. The molecule has 6 nitrogen and oxygen atoms in total. The van der Waals surface area contributed by atoms with Crippen LogP contribution in [0.1, 0.15) is 0 Å². The predicted octanol–water partition coefficient (Wildman–Crippen LogP) is 9.32. The third-order valence-corrected chi connectivity index (χ3v) is 8.20. The molecule has 0 saturated carbocycles. The number of hydrogen-bond acceptors (Lipinski definition) is 6. The topological polar surface area (TPSA) is 92.0 Å². The van der Waals surface area contributed by atoms with Crippen LogP contribution in [0.5, 0.6) is 11.5 Å². The van der Waals surface area contributed by atoms with E-state index in [1.54, 1.807) is 12.4 Å². The van der Waals surface area contributed by atoms with Gasteiger partial charge in [0.05, 0.1) is 34.2 Å². The van der Waals surface area contributed by atoms with E-state index in [1.165, 1.54) is 0 Å². The summed E-state index contributed by atoms with van der Waals surface area (Å²) in [5.41, 5.74) is 6.20. The van der Waals surface area contributed by atoms with Crippen LogP contribution in [0.4, 0.5) is 0 Å². The minimum atomic E-state index is 0.0252. The summed E-state index contributed by atoms with van der Waals surface area (Å²) in [5, 5.41) is 27.8. The van der Waals surface area contributed by atoms with Gasteiger partial charge in [-0.15, -0.1) is 0 Å². The quantitative estimate of drug-likeness (QED) is 0.206. The summed E-state index contributed by atoms with van der Waals surface area (Å²) in [6.07, 6.45) is 3.47. The van der Waals surface area contributed by atoms with Crippen molar-refractivity contribution in [2.75, 3.05) is 0 Å². The Labute approximate surface area is 265 Å². The summed E-state index contributed by atoms with van der Waals surface area (Å²) in [6.45, 7) is 0. The van der Waals surface area contributed by atoms with Gasteiger partial charge in [-0.3, -0.25) is 9.97 Å². The predicted molar refractivity (Wildman–Crippen MR) is 183 cm³/mol. The highest BCUT2D eigenvalue weighted by Gasteiger charge is 2.24. The molecule has 0 spiro atoms. The Morgan fingerprint density at radius 3 is 1.20 bits per heavy atom. The van der Waals surface area contributed by atoms with E-state index in [-0.39, 0.29) is 11.5 Å². The molecule has 6 heteroatoms. The van der Waals surface area contributed by atoms with Crippen molar-refractivity contribution in [3.63, 3.8) is 0 Å². The Bertz CT molecular complexity index is 2220. The van der Waals surface area contributed by atoms with Crippen molar-refractivity contribution in [1.29, 1.82) is 0 Å². The van der Waals surface area contributed by atoms with Gasteiger partial charge >= 0.3 is 0 Å². The second-order valence-corrected chi connectivity index (χ2v) is 11.0. The van der Waals surface area contributed by atoms with E-state index in [4.69, 9.17) is 9.97 Å². The zero-order valence-electron chi connectivity index (χ0n) is 24.5. The van der Waals surface area contributed by atoms with Crippen molar-refractivity contribution in [1.82, 2.24) is 19.9 Å². The van der Waals surface area contributed by atoms with E-state index in [0.29, 0.717) is 45.0 Å². The van der Waals surface area contributed by atoms with E-state index in [0.717, 1.165) is 32.9 Å². The molecular weight excluding hydrogens is 568 g/mol. The molecule has 4 aromatic heterocycles. The standard InChI is InChI=1S/C40H26N4O2/c45-39-29(31-17-9-19-35(43-31)33-15-5-7-21-41-33)23-25-11-1-3-13-27(25)37(39)38-28-14-4-2-12-26(28)24-30(40(38)46)32-18-10-20-36(44-32)34-16-6-8-22-42-34/h1-24,45-46H. The molecule has 0 aliphatic carbocycles. The van der Waals surface area contributed by atoms with Gasteiger partial charge in [0.15, 0.2) is 0 Å². The molecular formula is C40H26N4O2. The molecule has 8 aromatic rings. The fourth-order valence-corrected chi connectivity index (χ4v) is 6.05. The van der Waals surface area contributed by atoms with E-state index in [2.05, 4.69) is 9.97 Å². The summed E-state index contributed by atoms with van der Waals surface area (Å²) in [5.74, 6) is 0.0503. The molecule has 0 aliphatic rings. The maximum Gasteiger partial charge on any atom is 0.133 e. The van der Waals surface area contributed by atoms with Crippen molar-refractivity contribution >= 4 is 21.5 Å².